The summed E-state index contributed by atoms with van der Waals surface area (Å²) >= 11 is 0. The molecule has 0 bridgehead atoms. The van der Waals surface area contributed by atoms with Crippen molar-refractivity contribution in [3.05, 3.63) is 21.9 Å². The summed E-state index contributed by atoms with van der Waals surface area (Å²) in [4.78, 5) is 9.92. The number of nitro groups is 1. The number of nitrogens with zero attached hydrogens (tertiary/aromatic N) is 1. The third-order valence-corrected chi connectivity index (χ3v) is 1.96. The summed E-state index contributed by atoms with van der Waals surface area (Å²) in [6, 6.07) is 0. The highest BCUT2D eigenvalue weighted by Gasteiger charge is 2.14. The van der Waals surface area contributed by atoms with Gasteiger partial charge in [-0.2, -0.15) is 0 Å². The fourth-order valence-electron chi connectivity index (χ4n) is 1.30. The SMILES string of the molecule is CC(=CC1CCCOC1)[N+](=O)[O-]. The smallest absolute Gasteiger partial charge is 0.239 e. The summed E-state index contributed by atoms with van der Waals surface area (Å²) in [6.45, 7) is 2.95. The van der Waals surface area contributed by atoms with Gasteiger partial charge in [-0.05, 0) is 18.9 Å². The van der Waals surface area contributed by atoms with Gasteiger partial charge in [-0.15, -0.1) is 0 Å². The average Bonchev–Trinajstić information content (AvgIpc) is 2.06. The predicted molar refractivity (Wildman–Crippen MR) is 44.3 cm³/mol. The Morgan fingerprint density at radius 1 is 1.75 bits per heavy atom. The molecule has 1 unspecified atom stereocenters. The van der Waals surface area contributed by atoms with Crippen LogP contribution >= 0.6 is 0 Å². The summed E-state index contributed by atoms with van der Waals surface area (Å²) < 4.78 is 5.20. The van der Waals surface area contributed by atoms with Crippen molar-refractivity contribution >= 4 is 0 Å². The lowest BCUT2D eigenvalue weighted by atomic mass is 10.0. The van der Waals surface area contributed by atoms with Crippen LogP contribution in [0.1, 0.15) is 19.8 Å². The molecular weight excluding hydrogens is 158 g/mol. The molecule has 1 saturated heterocycles. The van der Waals surface area contributed by atoms with Crippen molar-refractivity contribution in [3.63, 3.8) is 0 Å². The van der Waals surface area contributed by atoms with Crippen molar-refractivity contribution < 1.29 is 9.66 Å². The highest BCUT2D eigenvalue weighted by atomic mass is 16.6. The van der Waals surface area contributed by atoms with E-state index in [4.69, 9.17) is 4.74 Å². The molecule has 4 heteroatoms. The van der Waals surface area contributed by atoms with Crippen LogP contribution in [-0.4, -0.2) is 18.1 Å². The third-order valence-electron chi connectivity index (χ3n) is 1.96. The Balaban J connectivity index is 2.47. The lowest BCUT2D eigenvalue weighted by Gasteiger charge is -2.18. The van der Waals surface area contributed by atoms with E-state index in [1.165, 1.54) is 6.92 Å². The highest BCUT2D eigenvalue weighted by Crippen LogP contribution is 2.16. The first kappa shape index (κ1) is 9.19. The van der Waals surface area contributed by atoms with Gasteiger partial charge in [0.25, 0.3) is 0 Å². The summed E-state index contributed by atoms with van der Waals surface area (Å²) in [6.07, 6.45) is 3.70. The van der Waals surface area contributed by atoms with Crippen molar-refractivity contribution in [1.82, 2.24) is 0 Å². The second-order valence-electron chi connectivity index (χ2n) is 3.04. The Bertz CT molecular complexity index is 194. The maximum absolute atomic E-state index is 10.3. The van der Waals surface area contributed by atoms with Crippen LogP contribution < -0.4 is 0 Å². The molecule has 0 N–H and O–H groups in total. The molecule has 68 valence electrons. The Hall–Kier alpha value is -0.900. The monoisotopic (exact) mass is 171 g/mol. The zero-order chi connectivity index (χ0) is 8.97. The molecule has 0 aromatic heterocycles. The van der Waals surface area contributed by atoms with Gasteiger partial charge >= 0.3 is 0 Å². The minimum absolute atomic E-state index is 0.227. The first-order valence-corrected chi connectivity index (χ1v) is 4.10. The maximum atomic E-state index is 10.3. The fraction of sp³-hybridized carbons (Fsp3) is 0.750. The number of allylic oxidation sites excluding steroid dienone is 1. The molecular formula is C8H13NO3. The van der Waals surface area contributed by atoms with Crippen molar-refractivity contribution in [2.24, 2.45) is 5.92 Å². The molecule has 0 amide bonds. The molecule has 1 heterocycles. The van der Waals surface area contributed by atoms with E-state index in [0.29, 0.717) is 6.61 Å². The van der Waals surface area contributed by atoms with Crippen LogP contribution in [0.25, 0.3) is 0 Å². The Kier molecular flexibility index (Phi) is 3.22. The van der Waals surface area contributed by atoms with Gasteiger partial charge in [0, 0.05) is 19.4 Å². The van der Waals surface area contributed by atoms with Gasteiger partial charge in [-0.3, -0.25) is 10.1 Å². The number of ether oxygens (including phenoxy) is 1. The molecule has 1 fully saturated rings. The molecule has 1 aliphatic heterocycles. The van der Waals surface area contributed by atoms with E-state index in [2.05, 4.69) is 0 Å². The van der Waals surface area contributed by atoms with Crippen LogP contribution in [-0.2, 0) is 4.74 Å². The summed E-state index contributed by atoms with van der Waals surface area (Å²) in [5.74, 6) is 0.240. The minimum Gasteiger partial charge on any atom is -0.381 e. The average molecular weight is 171 g/mol. The Morgan fingerprint density at radius 2 is 2.50 bits per heavy atom. The fourth-order valence-corrected chi connectivity index (χ4v) is 1.30. The van der Waals surface area contributed by atoms with E-state index in [1.54, 1.807) is 6.08 Å². The van der Waals surface area contributed by atoms with Gasteiger partial charge in [0.1, 0.15) is 0 Å². The van der Waals surface area contributed by atoms with E-state index in [0.717, 1.165) is 19.4 Å². The Morgan fingerprint density at radius 3 is 3.00 bits per heavy atom. The van der Waals surface area contributed by atoms with Gasteiger partial charge in [-0.1, -0.05) is 0 Å². The van der Waals surface area contributed by atoms with E-state index >= 15 is 0 Å². The zero-order valence-corrected chi connectivity index (χ0v) is 7.16. The van der Waals surface area contributed by atoms with E-state index < -0.39 is 0 Å². The molecule has 1 rings (SSSR count). The number of hydrogen-bond donors (Lipinski definition) is 0. The zero-order valence-electron chi connectivity index (χ0n) is 7.16. The largest absolute Gasteiger partial charge is 0.381 e. The van der Waals surface area contributed by atoms with Crippen molar-refractivity contribution in [2.75, 3.05) is 13.2 Å². The van der Waals surface area contributed by atoms with Crippen LogP contribution in [0.4, 0.5) is 0 Å². The van der Waals surface area contributed by atoms with E-state index in [9.17, 15) is 10.1 Å². The van der Waals surface area contributed by atoms with E-state index in [1.807, 2.05) is 0 Å². The topological polar surface area (TPSA) is 52.4 Å². The van der Waals surface area contributed by atoms with Crippen LogP contribution in [0.2, 0.25) is 0 Å². The minimum atomic E-state index is -0.353. The maximum Gasteiger partial charge on any atom is 0.239 e. The molecule has 1 aliphatic rings. The van der Waals surface area contributed by atoms with Gasteiger partial charge in [0.15, 0.2) is 0 Å². The van der Waals surface area contributed by atoms with Crippen molar-refractivity contribution in [2.45, 2.75) is 19.8 Å². The normalized spacial score (nSPS) is 25.4. The third kappa shape index (κ3) is 2.62. The molecule has 1 atom stereocenters. The first-order chi connectivity index (χ1) is 5.70. The molecule has 0 saturated carbocycles. The van der Waals surface area contributed by atoms with Crippen LogP contribution in [0.15, 0.2) is 11.8 Å². The summed E-state index contributed by atoms with van der Waals surface area (Å²) in [5, 5.41) is 10.3. The lowest BCUT2D eigenvalue weighted by molar-refractivity contribution is -0.425. The molecule has 0 aromatic carbocycles. The molecule has 4 nitrogen and oxygen atoms in total. The van der Waals surface area contributed by atoms with Gasteiger partial charge in [0.05, 0.1) is 11.5 Å². The first-order valence-electron chi connectivity index (χ1n) is 4.10. The van der Waals surface area contributed by atoms with Gasteiger partial charge in [0.2, 0.25) is 5.70 Å². The predicted octanol–water partition coefficient (Wildman–Crippen LogP) is 1.59. The van der Waals surface area contributed by atoms with Crippen LogP contribution in [0.5, 0.6) is 0 Å². The summed E-state index contributed by atoms with van der Waals surface area (Å²) in [5.41, 5.74) is 0.227. The van der Waals surface area contributed by atoms with E-state index in [-0.39, 0.29) is 16.5 Å². The van der Waals surface area contributed by atoms with Crippen molar-refractivity contribution in [3.8, 4) is 0 Å². The lowest BCUT2D eigenvalue weighted by Crippen LogP contribution is -2.16. The molecule has 0 spiro atoms. The standard InChI is InChI=1S/C8H13NO3/c1-7(9(10)11)5-8-3-2-4-12-6-8/h5,8H,2-4,6H2,1H3. The Labute approximate surface area is 71.4 Å². The second-order valence-corrected chi connectivity index (χ2v) is 3.04. The quantitative estimate of drug-likeness (QED) is 0.468. The molecule has 0 radical (unpaired) electrons. The van der Waals surface area contributed by atoms with Crippen molar-refractivity contribution in [1.29, 1.82) is 0 Å². The van der Waals surface area contributed by atoms with Gasteiger partial charge in [-0.25, -0.2) is 0 Å². The molecule has 0 aromatic rings. The van der Waals surface area contributed by atoms with Crippen LogP contribution in [0, 0.1) is 16.0 Å². The molecule has 0 aliphatic carbocycles. The van der Waals surface area contributed by atoms with Gasteiger partial charge < -0.3 is 4.74 Å². The second kappa shape index (κ2) is 4.21. The summed E-state index contributed by atoms with van der Waals surface area (Å²) in [7, 11) is 0. The highest BCUT2D eigenvalue weighted by molar-refractivity contribution is 4.93. The number of hydrogen-bond acceptors (Lipinski definition) is 3. The molecule has 12 heavy (non-hydrogen) atoms. The number of rotatable bonds is 2. The van der Waals surface area contributed by atoms with Crippen LogP contribution in [0.3, 0.4) is 0 Å².